The topological polar surface area (TPSA) is 81.4 Å². The molecule has 0 heterocycles. The number of carbonyl (C=O) groups is 2. The Labute approximate surface area is 87.2 Å². The number of ether oxygens (including phenoxy) is 1. The lowest BCUT2D eigenvalue weighted by atomic mass is 10.2. The average Bonchev–Trinajstić information content (AvgIpc) is 2.25. The van der Waals surface area contributed by atoms with Crippen molar-refractivity contribution >= 4 is 17.6 Å². The van der Waals surface area contributed by atoms with Gasteiger partial charge in [-0.2, -0.15) is 0 Å². The molecule has 0 aromatic heterocycles. The summed E-state index contributed by atoms with van der Waals surface area (Å²) in [5.74, 6) is -0.847. The molecule has 0 radical (unpaired) electrons. The summed E-state index contributed by atoms with van der Waals surface area (Å²) < 4.78 is 4.38. The quantitative estimate of drug-likeness (QED) is 0.548. The molecule has 0 atom stereocenters. The number of methoxy groups -OCH3 is 1. The number of anilines is 1. The van der Waals surface area contributed by atoms with E-state index < -0.39 is 5.97 Å². The standard InChI is InChI=1S/C10H12N2O3/c1-15-9(13)6-12-10(14)7-3-2-4-8(11)5-7/h2-5H,6,11H2,1H3,(H,12,14). The number of nitrogens with one attached hydrogen (secondary N) is 1. The van der Waals surface area contributed by atoms with Gasteiger partial charge in [0.25, 0.3) is 5.91 Å². The second-order valence-corrected chi connectivity index (χ2v) is 2.88. The highest BCUT2D eigenvalue weighted by Crippen LogP contribution is 2.05. The molecule has 0 bridgehead atoms. The Kier molecular flexibility index (Phi) is 3.68. The summed E-state index contributed by atoms with van der Waals surface area (Å²) in [7, 11) is 1.26. The van der Waals surface area contributed by atoms with E-state index in [9.17, 15) is 9.59 Å². The summed E-state index contributed by atoms with van der Waals surface area (Å²) in [5, 5.41) is 2.41. The van der Waals surface area contributed by atoms with Crippen LogP contribution >= 0.6 is 0 Å². The predicted molar refractivity (Wildman–Crippen MR) is 55.2 cm³/mol. The van der Waals surface area contributed by atoms with Crippen molar-refractivity contribution < 1.29 is 14.3 Å². The summed E-state index contributed by atoms with van der Waals surface area (Å²) in [6.07, 6.45) is 0. The van der Waals surface area contributed by atoms with E-state index >= 15 is 0 Å². The fraction of sp³-hybridized carbons (Fsp3) is 0.200. The fourth-order valence-electron chi connectivity index (χ4n) is 1.01. The van der Waals surface area contributed by atoms with Crippen LogP contribution < -0.4 is 11.1 Å². The van der Waals surface area contributed by atoms with E-state index in [2.05, 4.69) is 10.1 Å². The predicted octanol–water partition coefficient (Wildman–Crippen LogP) is 0.172. The van der Waals surface area contributed by atoms with Crippen LogP contribution in [0.25, 0.3) is 0 Å². The van der Waals surface area contributed by atoms with Crippen molar-refractivity contribution in [3.8, 4) is 0 Å². The maximum absolute atomic E-state index is 11.4. The number of nitrogens with two attached hydrogens (primary N) is 1. The molecule has 0 aliphatic rings. The zero-order valence-corrected chi connectivity index (χ0v) is 8.32. The minimum absolute atomic E-state index is 0.149. The SMILES string of the molecule is COC(=O)CNC(=O)c1cccc(N)c1. The van der Waals surface area contributed by atoms with Gasteiger partial charge in [0, 0.05) is 11.3 Å². The van der Waals surface area contributed by atoms with Gasteiger partial charge in [-0.15, -0.1) is 0 Å². The van der Waals surface area contributed by atoms with E-state index in [4.69, 9.17) is 5.73 Å². The van der Waals surface area contributed by atoms with Gasteiger partial charge in [-0.3, -0.25) is 9.59 Å². The first-order valence-corrected chi connectivity index (χ1v) is 4.34. The molecule has 3 N–H and O–H groups in total. The maximum Gasteiger partial charge on any atom is 0.325 e. The number of carbonyl (C=O) groups excluding carboxylic acids is 2. The first kappa shape index (κ1) is 11.0. The number of rotatable bonds is 3. The third-order valence-electron chi connectivity index (χ3n) is 1.77. The van der Waals surface area contributed by atoms with E-state index in [1.165, 1.54) is 13.2 Å². The molecule has 5 nitrogen and oxygen atoms in total. The molecule has 0 unspecified atom stereocenters. The Bertz CT molecular complexity index is 377. The summed E-state index contributed by atoms with van der Waals surface area (Å²) in [5.41, 5.74) is 6.42. The number of esters is 1. The van der Waals surface area contributed by atoms with Crippen molar-refractivity contribution in [1.29, 1.82) is 0 Å². The second-order valence-electron chi connectivity index (χ2n) is 2.88. The van der Waals surface area contributed by atoms with E-state index in [0.29, 0.717) is 11.3 Å². The first-order chi connectivity index (χ1) is 7.13. The Morgan fingerprint density at radius 3 is 2.80 bits per heavy atom. The molecule has 0 saturated carbocycles. The van der Waals surface area contributed by atoms with Crippen LogP contribution in [-0.4, -0.2) is 25.5 Å². The fourth-order valence-corrected chi connectivity index (χ4v) is 1.01. The van der Waals surface area contributed by atoms with Gasteiger partial charge in [-0.05, 0) is 18.2 Å². The highest BCUT2D eigenvalue weighted by molar-refractivity contribution is 5.96. The minimum atomic E-state index is -0.493. The first-order valence-electron chi connectivity index (χ1n) is 4.34. The average molecular weight is 208 g/mol. The third kappa shape index (κ3) is 3.30. The van der Waals surface area contributed by atoms with Crippen LogP contribution in [0.5, 0.6) is 0 Å². The summed E-state index contributed by atoms with van der Waals surface area (Å²) in [6, 6.07) is 6.50. The monoisotopic (exact) mass is 208 g/mol. The number of hydrogen-bond donors (Lipinski definition) is 2. The lowest BCUT2D eigenvalue weighted by Crippen LogP contribution is -2.30. The van der Waals surface area contributed by atoms with Gasteiger partial charge in [0.05, 0.1) is 7.11 Å². The Morgan fingerprint density at radius 1 is 1.47 bits per heavy atom. The highest BCUT2D eigenvalue weighted by atomic mass is 16.5. The number of hydrogen-bond acceptors (Lipinski definition) is 4. The lowest BCUT2D eigenvalue weighted by Gasteiger charge is -2.04. The molecule has 0 saturated heterocycles. The van der Waals surface area contributed by atoms with Gasteiger partial charge in [0.15, 0.2) is 0 Å². The maximum atomic E-state index is 11.4. The van der Waals surface area contributed by atoms with Crippen LogP contribution in [0.2, 0.25) is 0 Å². The van der Waals surface area contributed by atoms with Crippen molar-refractivity contribution in [3.63, 3.8) is 0 Å². The van der Waals surface area contributed by atoms with Gasteiger partial charge in [-0.1, -0.05) is 6.07 Å². The molecule has 80 valence electrons. The minimum Gasteiger partial charge on any atom is -0.468 e. The van der Waals surface area contributed by atoms with Crippen LogP contribution in [0.1, 0.15) is 10.4 Å². The van der Waals surface area contributed by atoms with Crippen LogP contribution in [-0.2, 0) is 9.53 Å². The molecule has 5 heteroatoms. The zero-order valence-electron chi connectivity index (χ0n) is 8.32. The van der Waals surface area contributed by atoms with Crippen molar-refractivity contribution in [2.24, 2.45) is 0 Å². The number of amides is 1. The number of nitrogen functional groups attached to an aromatic ring is 1. The molecule has 1 aromatic rings. The summed E-state index contributed by atoms with van der Waals surface area (Å²) in [6.45, 7) is -0.149. The van der Waals surface area contributed by atoms with E-state index in [-0.39, 0.29) is 12.5 Å². The van der Waals surface area contributed by atoms with E-state index in [1.807, 2.05) is 0 Å². The molecule has 0 spiro atoms. The van der Waals surface area contributed by atoms with Crippen molar-refractivity contribution in [2.45, 2.75) is 0 Å². The highest BCUT2D eigenvalue weighted by Gasteiger charge is 2.07. The molecule has 15 heavy (non-hydrogen) atoms. The Morgan fingerprint density at radius 2 is 2.20 bits per heavy atom. The summed E-state index contributed by atoms with van der Waals surface area (Å²) in [4.78, 5) is 22.2. The normalized spacial score (nSPS) is 9.40. The van der Waals surface area contributed by atoms with Crippen molar-refractivity contribution in [3.05, 3.63) is 29.8 Å². The van der Waals surface area contributed by atoms with Crippen LogP contribution in [0, 0.1) is 0 Å². The molecule has 1 rings (SSSR count). The zero-order chi connectivity index (χ0) is 11.3. The smallest absolute Gasteiger partial charge is 0.325 e. The third-order valence-corrected chi connectivity index (χ3v) is 1.77. The molecule has 0 aliphatic heterocycles. The summed E-state index contributed by atoms with van der Waals surface area (Å²) >= 11 is 0. The molecule has 0 fully saturated rings. The van der Waals surface area contributed by atoms with Crippen LogP contribution in [0.4, 0.5) is 5.69 Å². The lowest BCUT2D eigenvalue weighted by molar-refractivity contribution is -0.139. The van der Waals surface area contributed by atoms with Crippen LogP contribution in [0.3, 0.4) is 0 Å². The van der Waals surface area contributed by atoms with Gasteiger partial charge in [-0.25, -0.2) is 0 Å². The van der Waals surface area contributed by atoms with Crippen molar-refractivity contribution in [2.75, 3.05) is 19.4 Å². The van der Waals surface area contributed by atoms with Gasteiger partial charge in [0.1, 0.15) is 6.54 Å². The van der Waals surface area contributed by atoms with Gasteiger partial charge < -0.3 is 15.8 Å². The van der Waals surface area contributed by atoms with Gasteiger partial charge in [0.2, 0.25) is 0 Å². The molecular formula is C10H12N2O3. The van der Waals surface area contributed by atoms with E-state index in [0.717, 1.165) is 0 Å². The van der Waals surface area contributed by atoms with Crippen LogP contribution in [0.15, 0.2) is 24.3 Å². The molecule has 1 aromatic carbocycles. The van der Waals surface area contributed by atoms with Gasteiger partial charge >= 0.3 is 5.97 Å². The second kappa shape index (κ2) is 4.99. The molecular weight excluding hydrogens is 196 g/mol. The Balaban J connectivity index is 2.58. The molecule has 0 aliphatic carbocycles. The Hall–Kier alpha value is -2.04. The van der Waals surface area contributed by atoms with E-state index in [1.54, 1.807) is 18.2 Å². The number of benzene rings is 1. The largest absolute Gasteiger partial charge is 0.468 e. The van der Waals surface area contributed by atoms with Crippen molar-refractivity contribution in [1.82, 2.24) is 5.32 Å². The molecule has 1 amide bonds.